The third-order valence-electron chi connectivity index (χ3n) is 2.80. The molecule has 1 rings (SSSR count). The molecule has 0 aliphatic carbocycles. The molecular weight excluding hydrogens is 242 g/mol. The zero-order valence-electron chi connectivity index (χ0n) is 12.3. The van der Waals surface area contributed by atoms with Gasteiger partial charge in [-0.2, -0.15) is 5.10 Å². The summed E-state index contributed by atoms with van der Waals surface area (Å²) in [5.74, 6) is -0.234. The van der Waals surface area contributed by atoms with Crippen molar-refractivity contribution < 1.29 is 9.90 Å². The third-order valence-corrected chi connectivity index (χ3v) is 2.80. The van der Waals surface area contributed by atoms with E-state index in [-0.39, 0.29) is 24.0 Å². The molecule has 108 valence electrons. The SMILES string of the molecule is CCCc1cc(C(=O)NC(CO)CC(C)(C)C)n[nH]1. The highest BCUT2D eigenvalue weighted by atomic mass is 16.3. The van der Waals surface area contributed by atoms with Crippen molar-refractivity contribution in [2.75, 3.05) is 6.61 Å². The zero-order valence-corrected chi connectivity index (χ0v) is 12.3. The van der Waals surface area contributed by atoms with Crippen LogP contribution in [-0.2, 0) is 6.42 Å². The fraction of sp³-hybridized carbons (Fsp3) is 0.714. The minimum atomic E-state index is -0.237. The number of amides is 1. The molecule has 1 unspecified atom stereocenters. The van der Waals surface area contributed by atoms with Crippen LogP contribution in [0.15, 0.2) is 6.07 Å². The summed E-state index contributed by atoms with van der Waals surface area (Å²) < 4.78 is 0. The summed E-state index contributed by atoms with van der Waals surface area (Å²) in [6, 6.07) is 1.53. The third kappa shape index (κ3) is 5.42. The summed E-state index contributed by atoms with van der Waals surface area (Å²) in [7, 11) is 0. The summed E-state index contributed by atoms with van der Waals surface area (Å²) in [5.41, 5.74) is 1.40. The number of aliphatic hydroxyl groups is 1. The van der Waals surface area contributed by atoms with Crippen molar-refractivity contribution in [1.82, 2.24) is 15.5 Å². The van der Waals surface area contributed by atoms with E-state index in [0.717, 1.165) is 25.0 Å². The summed E-state index contributed by atoms with van der Waals surface area (Å²) >= 11 is 0. The molecule has 0 saturated heterocycles. The number of hydrogen-bond acceptors (Lipinski definition) is 3. The van der Waals surface area contributed by atoms with Gasteiger partial charge in [0.05, 0.1) is 12.6 Å². The van der Waals surface area contributed by atoms with E-state index < -0.39 is 0 Å². The highest BCUT2D eigenvalue weighted by molar-refractivity contribution is 5.92. The van der Waals surface area contributed by atoms with Crippen LogP contribution in [0.4, 0.5) is 0 Å². The molecule has 1 heterocycles. The minimum absolute atomic E-state index is 0.0552. The van der Waals surface area contributed by atoms with Crippen LogP contribution >= 0.6 is 0 Å². The van der Waals surface area contributed by atoms with Crippen LogP contribution in [0, 0.1) is 5.41 Å². The molecule has 0 radical (unpaired) electrons. The lowest BCUT2D eigenvalue weighted by molar-refractivity contribution is 0.0892. The van der Waals surface area contributed by atoms with Crippen LogP contribution in [0.1, 0.15) is 56.7 Å². The van der Waals surface area contributed by atoms with E-state index in [4.69, 9.17) is 0 Å². The molecule has 1 amide bonds. The highest BCUT2D eigenvalue weighted by Gasteiger charge is 2.21. The number of nitrogens with one attached hydrogen (secondary N) is 2. The Morgan fingerprint density at radius 3 is 2.74 bits per heavy atom. The van der Waals surface area contributed by atoms with Gasteiger partial charge in [0.15, 0.2) is 0 Å². The molecule has 19 heavy (non-hydrogen) atoms. The molecule has 0 bridgehead atoms. The lowest BCUT2D eigenvalue weighted by Crippen LogP contribution is -2.40. The largest absolute Gasteiger partial charge is 0.394 e. The van der Waals surface area contributed by atoms with Crippen LogP contribution in [0.3, 0.4) is 0 Å². The maximum Gasteiger partial charge on any atom is 0.272 e. The Bertz CT molecular complexity index is 407. The van der Waals surface area contributed by atoms with E-state index in [9.17, 15) is 9.90 Å². The maximum atomic E-state index is 12.0. The lowest BCUT2D eigenvalue weighted by Gasteiger charge is -2.25. The second-order valence-electron chi connectivity index (χ2n) is 6.15. The fourth-order valence-corrected chi connectivity index (χ4v) is 2.04. The molecule has 1 aromatic heterocycles. The van der Waals surface area contributed by atoms with Gasteiger partial charge < -0.3 is 10.4 Å². The Hall–Kier alpha value is -1.36. The normalized spacial score (nSPS) is 13.3. The van der Waals surface area contributed by atoms with Crippen molar-refractivity contribution in [2.24, 2.45) is 5.41 Å². The second-order valence-corrected chi connectivity index (χ2v) is 6.15. The average molecular weight is 267 g/mol. The van der Waals surface area contributed by atoms with E-state index in [1.807, 2.05) is 0 Å². The number of carbonyl (C=O) groups excluding carboxylic acids is 1. The standard InChI is InChI=1S/C14H25N3O2/c1-5-6-10-7-12(17-16-10)13(19)15-11(9-18)8-14(2,3)4/h7,11,18H,5-6,8-9H2,1-4H3,(H,15,19)(H,16,17). The number of hydrogen-bond donors (Lipinski definition) is 3. The van der Waals surface area contributed by atoms with Crippen LogP contribution in [0.25, 0.3) is 0 Å². The number of aryl methyl sites for hydroxylation is 1. The van der Waals surface area contributed by atoms with Crippen molar-refractivity contribution >= 4 is 5.91 Å². The second kappa shape index (κ2) is 6.70. The number of nitrogens with zero attached hydrogens (tertiary/aromatic N) is 1. The van der Waals surface area contributed by atoms with Crippen molar-refractivity contribution in [3.05, 3.63) is 17.5 Å². The summed E-state index contributed by atoms with van der Waals surface area (Å²) in [4.78, 5) is 12.0. The van der Waals surface area contributed by atoms with Gasteiger partial charge in [-0.25, -0.2) is 0 Å². The van der Waals surface area contributed by atoms with Crippen molar-refractivity contribution in [2.45, 2.75) is 53.0 Å². The van der Waals surface area contributed by atoms with Crippen LogP contribution in [0.5, 0.6) is 0 Å². The highest BCUT2D eigenvalue weighted by Crippen LogP contribution is 2.20. The molecule has 0 saturated carbocycles. The molecule has 5 nitrogen and oxygen atoms in total. The molecule has 0 aliphatic heterocycles. The Morgan fingerprint density at radius 2 is 2.21 bits per heavy atom. The topological polar surface area (TPSA) is 78.0 Å². The summed E-state index contributed by atoms with van der Waals surface area (Å²) in [6.07, 6.45) is 2.61. The van der Waals surface area contributed by atoms with E-state index >= 15 is 0 Å². The van der Waals surface area contributed by atoms with Gasteiger partial charge in [0.2, 0.25) is 0 Å². The van der Waals surface area contributed by atoms with Crippen LogP contribution in [0.2, 0.25) is 0 Å². The van der Waals surface area contributed by atoms with Crippen molar-refractivity contribution in [3.8, 4) is 0 Å². The van der Waals surface area contributed by atoms with Crippen LogP contribution < -0.4 is 5.32 Å². The first kappa shape index (κ1) is 15.7. The first-order valence-corrected chi connectivity index (χ1v) is 6.81. The molecule has 0 fully saturated rings. The quantitative estimate of drug-likeness (QED) is 0.736. The molecular formula is C14H25N3O2. The Kier molecular flexibility index (Phi) is 5.54. The van der Waals surface area contributed by atoms with E-state index in [0.29, 0.717) is 5.69 Å². The van der Waals surface area contributed by atoms with Gasteiger partial charge in [-0.3, -0.25) is 9.89 Å². The van der Waals surface area contributed by atoms with Gasteiger partial charge in [-0.05, 0) is 24.3 Å². The maximum absolute atomic E-state index is 12.0. The Morgan fingerprint density at radius 1 is 1.53 bits per heavy atom. The first-order chi connectivity index (χ1) is 8.85. The number of aliphatic hydroxyl groups excluding tert-OH is 1. The van der Waals surface area contributed by atoms with Gasteiger partial charge in [0.25, 0.3) is 5.91 Å². The molecule has 0 aliphatic rings. The Balaban J connectivity index is 2.61. The summed E-state index contributed by atoms with van der Waals surface area (Å²) in [5, 5.41) is 19.0. The van der Waals surface area contributed by atoms with Crippen molar-refractivity contribution in [3.63, 3.8) is 0 Å². The summed E-state index contributed by atoms with van der Waals surface area (Å²) in [6.45, 7) is 8.25. The zero-order chi connectivity index (χ0) is 14.5. The lowest BCUT2D eigenvalue weighted by atomic mass is 9.88. The molecule has 1 aromatic rings. The smallest absolute Gasteiger partial charge is 0.272 e. The predicted octanol–water partition coefficient (Wildman–Crippen LogP) is 1.89. The molecule has 1 atom stereocenters. The molecule has 5 heteroatoms. The van der Waals surface area contributed by atoms with E-state index in [1.54, 1.807) is 6.07 Å². The Labute approximate surface area is 114 Å². The van der Waals surface area contributed by atoms with Gasteiger partial charge in [0.1, 0.15) is 5.69 Å². The predicted molar refractivity (Wildman–Crippen MR) is 75.0 cm³/mol. The number of carbonyl (C=O) groups is 1. The number of aromatic amines is 1. The number of H-pyrrole nitrogens is 1. The van der Waals surface area contributed by atoms with Crippen molar-refractivity contribution in [1.29, 1.82) is 0 Å². The van der Waals surface area contributed by atoms with Gasteiger partial charge >= 0.3 is 0 Å². The molecule has 0 spiro atoms. The van der Waals surface area contributed by atoms with E-state index in [1.165, 1.54) is 0 Å². The van der Waals surface area contributed by atoms with Gasteiger partial charge in [-0.15, -0.1) is 0 Å². The fourth-order valence-electron chi connectivity index (χ4n) is 2.04. The average Bonchev–Trinajstić information content (AvgIpc) is 2.75. The van der Waals surface area contributed by atoms with Gasteiger partial charge in [-0.1, -0.05) is 34.1 Å². The first-order valence-electron chi connectivity index (χ1n) is 6.81. The molecule has 0 aromatic carbocycles. The minimum Gasteiger partial charge on any atom is -0.394 e. The van der Waals surface area contributed by atoms with Gasteiger partial charge in [0, 0.05) is 5.69 Å². The van der Waals surface area contributed by atoms with E-state index in [2.05, 4.69) is 43.2 Å². The monoisotopic (exact) mass is 267 g/mol. The number of rotatable bonds is 6. The van der Waals surface area contributed by atoms with Crippen LogP contribution in [-0.4, -0.2) is 33.9 Å². The molecule has 3 N–H and O–H groups in total. The number of aromatic nitrogens is 2.